The van der Waals surface area contributed by atoms with Crippen LogP contribution in [0, 0.1) is 6.92 Å². The summed E-state index contributed by atoms with van der Waals surface area (Å²) < 4.78 is 0. The molecular weight excluding hydrogens is 252 g/mol. The molecule has 0 saturated heterocycles. The highest BCUT2D eigenvalue weighted by Crippen LogP contribution is 2.14. The lowest BCUT2D eigenvalue weighted by atomic mass is 10.3. The van der Waals surface area contributed by atoms with Crippen LogP contribution in [0.25, 0.3) is 11.0 Å². The molecular formula is C15H16N4O. The number of nitrogens with zero attached hydrogens (tertiary/aromatic N) is 2. The highest BCUT2D eigenvalue weighted by atomic mass is 16.3. The number of imidazole rings is 1. The third kappa shape index (κ3) is 2.62. The van der Waals surface area contributed by atoms with Crippen molar-refractivity contribution >= 4 is 11.0 Å². The van der Waals surface area contributed by atoms with Crippen molar-refractivity contribution in [2.75, 3.05) is 0 Å². The van der Waals surface area contributed by atoms with E-state index in [4.69, 9.17) is 0 Å². The summed E-state index contributed by atoms with van der Waals surface area (Å²) in [7, 11) is 0. The highest BCUT2D eigenvalue weighted by molar-refractivity contribution is 5.74. The van der Waals surface area contributed by atoms with E-state index in [1.165, 1.54) is 0 Å². The lowest BCUT2D eigenvalue weighted by Gasteiger charge is -2.05. The normalized spacial score (nSPS) is 11.1. The van der Waals surface area contributed by atoms with Crippen molar-refractivity contribution in [3.63, 3.8) is 0 Å². The first kappa shape index (κ1) is 12.6. The summed E-state index contributed by atoms with van der Waals surface area (Å²) in [6, 6.07) is 11.4. The molecule has 2 aromatic heterocycles. The van der Waals surface area contributed by atoms with Gasteiger partial charge in [-0.3, -0.25) is 4.98 Å². The fourth-order valence-electron chi connectivity index (χ4n) is 2.12. The summed E-state index contributed by atoms with van der Waals surface area (Å²) in [5.41, 5.74) is 3.53. The number of aromatic amines is 1. The second-order valence-electron chi connectivity index (χ2n) is 4.72. The molecule has 0 saturated carbocycles. The van der Waals surface area contributed by atoms with Gasteiger partial charge in [-0.05, 0) is 31.2 Å². The summed E-state index contributed by atoms with van der Waals surface area (Å²) in [5, 5.41) is 13.0. The Labute approximate surface area is 116 Å². The summed E-state index contributed by atoms with van der Waals surface area (Å²) in [5.74, 6) is 1.09. The minimum absolute atomic E-state index is 0.215. The van der Waals surface area contributed by atoms with Crippen LogP contribution in [-0.4, -0.2) is 20.1 Å². The van der Waals surface area contributed by atoms with Gasteiger partial charge in [0, 0.05) is 12.2 Å². The van der Waals surface area contributed by atoms with Crippen molar-refractivity contribution in [2.24, 2.45) is 0 Å². The van der Waals surface area contributed by atoms with Crippen LogP contribution in [-0.2, 0) is 13.1 Å². The average molecular weight is 268 g/mol. The van der Waals surface area contributed by atoms with Crippen LogP contribution >= 0.6 is 0 Å². The topological polar surface area (TPSA) is 73.8 Å². The maximum absolute atomic E-state index is 9.72. The lowest BCUT2D eigenvalue weighted by molar-refractivity contribution is 0.458. The molecule has 102 valence electrons. The summed E-state index contributed by atoms with van der Waals surface area (Å²) in [6.07, 6.45) is 0. The van der Waals surface area contributed by atoms with Gasteiger partial charge in [-0.25, -0.2) is 4.98 Å². The van der Waals surface area contributed by atoms with Crippen LogP contribution in [0.2, 0.25) is 0 Å². The van der Waals surface area contributed by atoms with Crippen LogP contribution in [0.3, 0.4) is 0 Å². The van der Waals surface area contributed by atoms with Crippen LogP contribution in [0.1, 0.15) is 17.2 Å². The van der Waals surface area contributed by atoms with Crippen molar-refractivity contribution in [1.82, 2.24) is 20.3 Å². The van der Waals surface area contributed by atoms with Crippen LogP contribution in [0.4, 0.5) is 0 Å². The summed E-state index contributed by atoms with van der Waals surface area (Å²) in [6.45, 7) is 3.01. The van der Waals surface area contributed by atoms with Crippen molar-refractivity contribution < 1.29 is 5.11 Å². The first-order chi connectivity index (χ1) is 9.72. The SMILES string of the molecule is Cc1ccc(O)c(CNCc2nc3ccccc3[nH]2)n1. The fraction of sp³-hybridized carbons (Fsp3) is 0.200. The number of benzene rings is 1. The van der Waals surface area contributed by atoms with E-state index in [1.807, 2.05) is 31.2 Å². The molecule has 5 nitrogen and oxygen atoms in total. The zero-order valence-electron chi connectivity index (χ0n) is 11.2. The van der Waals surface area contributed by atoms with Crippen LogP contribution < -0.4 is 5.32 Å². The van der Waals surface area contributed by atoms with Crippen molar-refractivity contribution in [2.45, 2.75) is 20.0 Å². The maximum Gasteiger partial charge on any atom is 0.138 e. The number of fused-ring (bicyclic) bond motifs is 1. The van der Waals surface area contributed by atoms with Gasteiger partial charge in [-0.2, -0.15) is 0 Å². The molecule has 0 aliphatic rings. The van der Waals surface area contributed by atoms with E-state index in [0.717, 1.165) is 22.6 Å². The Morgan fingerprint density at radius 2 is 1.95 bits per heavy atom. The number of hydrogen-bond acceptors (Lipinski definition) is 4. The average Bonchev–Trinajstić information content (AvgIpc) is 2.85. The number of H-pyrrole nitrogens is 1. The number of aryl methyl sites for hydroxylation is 1. The minimum Gasteiger partial charge on any atom is -0.506 e. The maximum atomic E-state index is 9.72. The molecule has 0 spiro atoms. The smallest absolute Gasteiger partial charge is 0.138 e. The number of pyridine rings is 1. The third-order valence-corrected chi connectivity index (χ3v) is 3.11. The fourth-order valence-corrected chi connectivity index (χ4v) is 2.12. The van der Waals surface area contributed by atoms with Crippen LogP contribution in [0.15, 0.2) is 36.4 Å². The first-order valence-electron chi connectivity index (χ1n) is 6.52. The molecule has 3 rings (SSSR count). The van der Waals surface area contributed by atoms with Gasteiger partial charge in [-0.15, -0.1) is 0 Å². The lowest BCUT2D eigenvalue weighted by Crippen LogP contribution is -2.15. The third-order valence-electron chi connectivity index (χ3n) is 3.11. The van der Waals surface area contributed by atoms with E-state index in [-0.39, 0.29) is 5.75 Å². The molecule has 0 fully saturated rings. The number of nitrogens with one attached hydrogen (secondary N) is 2. The molecule has 0 atom stereocenters. The van der Waals surface area contributed by atoms with E-state index < -0.39 is 0 Å². The predicted molar refractivity (Wildman–Crippen MR) is 77.3 cm³/mol. The van der Waals surface area contributed by atoms with Crippen LogP contribution in [0.5, 0.6) is 5.75 Å². The number of para-hydroxylation sites is 2. The van der Waals surface area contributed by atoms with Gasteiger partial charge < -0.3 is 15.4 Å². The predicted octanol–water partition coefficient (Wildman–Crippen LogP) is 2.26. The molecule has 0 radical (unpaired) electrons. The van der Waals surface area contributed by atoms with Crippen molar-refractivity contribution in [1.29, 1.82) is 0 Å². The second kappa shape index (κ2) is 5.30. The standard InChI is InChI=1S/C15H16N4O/c1-10-6-7-14(20)13(17-10)8-16-9-15-18-11-4-2-3-5-12(11)19-15/h2-7,16,20H,8-9H2,1H3,(H,18,19). The van der Waals surface area contributed by atoms with E-state index in [0.29, 0.717) is 18.8 Å². The molecule has 3 aromatic rings. The monoisotopic (exact) mass is 268 g/mol. The quantitative estimate of drug-likeness (QED) is 0.678. The Hall–Kier alpha value is -2.40. The van der Waals surface area contributed by atoms with Crippen molar-refractivity contribution in [3.8, 4) is 5.75 Å². The molecule has 20 heavy (non-hydrogen) atoms. The van der Waals surface area contributed by atoms with E-state index >= 15 is 0 Å². The molecule has 0 aliphatic carbocycles. The van der Waals surface area contributed by atoms with Gasteiger partial charge in [0.05, 0.1) is 23.3 Å². The van der Waals surface area contributed by atoms with E-state index in [9.17, 15) is 5.11 Å². The number of rotatable bonds is 4. The van der Waals surface area contributed by atoms with Gasteiger partial charge in [0.1, 0.15) is 11.6 Å². The van der Waals surface area contributed by atoms with Gasteiger partial charge in [-0.1, -0.05) is 12.1 Å². The highest BCUT2D eigenvalue weighted by Gasteiger charge is 2.05. The Morgan fingerprint density at radius 3 is 2.80 bits per heavy atom. The molecule has 0 amide bonds. The van der Waals surface area contributed by atoms with Crippen molar-refractivity contribution in [3.05, 3.63) is 53.6 Å². The van der Waals surface area contributed by atoms with Gasteiger partial charge >= 0.3 is 0 Å². The molecule has 0 bridgehead atoms. The molecule has 1 aromatic carbocycles. The molecule has 5 heteroatoms. The Morgan fingerprint density at radius 1 is 1.10 bits per heavy atom. The Kier molecular flexibility index (Phi) is 3.35. The van der Waals surface area contributed by atoms with E-state index in [1.54, 1.807) is 12.1 Å². The molecule has 0 aliphatic heterocycles. The summed E-state index contributed by atoms with van der Waals surface area (Å²) >= 11 is 0. The number of aromatic hydroxyl groups is 1. The summed E-state index contributed by atoms with van der Waals surface area (Å²) in [4.78, 5) is 12.0. The first-order valence-corrected chi connectivity index (χ1v) is 6.52. The number of aromatic nitrogens is 3. The Bertz CT molecular complexity index is 703. The van der Waals surface area contributed by atoms with Gasteiger partial charge in [0.15, 0.2) is 0 Å². The van der Waals surface area contributed by atoms with Gasteiger partial charge in [0.2, 0.25) is 0 Å². The second-order valence-corrected chi connectivity index (χ2v) is 4.72. The number of hydrogen-bond donors (Lipinski definition) is 3. The molecule has 2 heterocycles. The largest absolute Gasteiger partial charge is 0.506 e. The molecule has 0 unspecified atom stereocenters. The zero-order chi connectivity index (χ0) is 13.9. The molecule has 3 N–H and O–H groups in total. The van der Waals surface area contributed by atoms with E-state index in [2.05, 4.69) is 20.3 Å². The minimum atomic E-state index is 0.215. The van der Waals surface area contributed by atoms with Gasteiger partial charge in [0.25, 0.3) is 0 Å². The Balaban J connectivity index is 1.66. The zero-order valence-corrected chi connectivity index (χ0v) is 11.2.